The highest BCUT2D eigenvalue weighted by atomic mass is 19.1. The number of ether oxygens (including phenoxy) is 1. The fraction of sp³-hybridized carbons (Fsp3) is 0.0714. The fourth-order valence-corrected chi connectivity index (χ4v) is 1.65. The van der Waals surface area contributed by atoms with Gasteiger partial charge in [-0.2, -0.15) is 0 Å². The highest BCUT2D eigenvalue weighted by molar-refractivity contribution is 5.97. The average Bonchev–Trinajstić information content (AvgIpc) is 2.39. The number of nitrogen functional groups attached to an aromatic ring is 1. The molecule has 2 aromatic carbocycles. The maximum atomic E-state index is 12.8. The summed E-state index contributed by atoms with van der Waals surface area (Å²) in [6.45, 7) is 0.175. The predicted molar refractivity (Wildman–Crippen MR) is 70.1 cm³/mol. The molecule has 0 aliphatic carbocycles. The van der Waals surface area contributed by atoms with Gasteiger partial charge in [-0.25, -0.2) is 4.39 Å². The second kappa shape index (κ2) is 5.39. The van der Waals surface area contributed by atoms with Crippen molar-refractivity contribution < 1.29 is 13.9 Å². The number of carbonyl (C=O) groups is 1. The van der Waals surface area contributed by atoms with Crippen molar-refractivity contribution in [1.29, 1.82) is 0 Å². The number of halogens is 1. The molecule has 0 aliphatic rings. The minimum absolute atomic E-state index is 0.175. The van der Waals surface area contributed by atoms with Gasteiger partial charge in [-0.05, 0) is 29.8 Å². The van der Waals surface area contributed by atoms with E-state index in [2.05, 4.69) is 0 Å². The van der Waals surface area contributed by atoms with E-state index in [0.717, 1.165) is 5.56 Å². The van der Waals surface area contributed by atoms with Crippen LogP contribution in [0.5, 0.6) is 5.75 Å². The van der Waals surface area contributed by atoms with Gasteiger partial charge in [0.2, 0.25) is 0 Å². The molecule has 19 heavy (non-hydrogen) atoms. The zero-order chi connectivity index (χ0) is 13.8. The van der Waals surface area contributed by atoms with Crippen LogP contribution < -0.4 is 16.2 Å². The van der Waals surface area contributed by atoms with Crippen molar-refractivity contribution in [3.63, 3.8) is 0 Å². The summed E-state index contributed by atoms with van der Waals surface area (Å²) < 4.78 is 18.3. The second-order valence-corrected chi connectivity index (χ2v) is 4.00. The molecule has 1 amide bonds. The van der Waals surface area contributed by atoms with E-state index < -0.39 is 5.91 Å². The van der Waals surface area contributed by atoms with Crippen molar-refractivity contribution in [3.8, 4) is 5.75 Å². The molecule has 0 bridgehead atoms. The van der Waals surface area contributed by atoms with E-state index in [-0.39, 0.29) is 23.7 Å². The Morgan fingerprint density at radius 3 is 2.47 bits per heavy atom. The summed E-state index contributed by atoms with van der Waals surface area (Å²) in [7, 11) is 0. The number of primary amides is 1. The lowest BCUT2D eigenvalue weighted by Gasteiger charge is -2.12. The molecule has 0 saturated carbocycles. The number of nitrogens with two attached hydrogens (primary N) is 2. The third-order valence-electron chi connectivity index (χ3n) is 2.61. The highest BCUT2D eigenvalue weighted by Crippen LogP contribution is 2.26. The number of benzene rings is 2. The Morgan fingerprint density at radius 2 is 1.84 bits per heavy atom. The molecule has 4 nitrogen and oxygen atoms in total. The maximum Gasteiger partial charge on any atom is 0.252 e. The third-order valence-corrected chi connectivity index (χ3v) is 2.61. The largest absolute Gasteiger partial charge is 0.486 e. The van der Waals surface area contributed by atoms with Gasteiger partial charge in [0, 0.05) is 0 Å². The van der Waals surface area contributed by atoms with Crippen LogP contribution in [0.25, 0.3) is 0 Å². The standard InChI is InChI=1S/C14H13FN2O2/c15-10-6-4-9(5-7-10)8-19-13-11(14(17)18)2-1-3-12(13)16/h1-7H,8,16H2,(H2,17,18). The predicted octanol–water partition coefficient (Wildman–Crippen LogP) is 2.09. The number of hydrogen-bond donors (Lipinski definition) is 2. The van der Waals surface area contributed by atoms with Crippen LogP contribution in [0.15, 0.2) is 42.5 Å². The molecule has 0 fully saturated rings. The van der Waals surface area contributed by atoms with Crippen molar-refractivity contribution in [2.24, 2.45) is 5.73 Å². The lowest BCUT2D eigenvalue weighted by atomic mass is 10.1. The van der Waals surface area contributed by atoms with Gasteiger partial charge in [-0.15, -0.1) is 0 Å². The molecule has 2 rings (SSSR count). The first-order valence-electron chi connectivity index (χ1n) is 5.63. The van der Waals surface area contributed by atoms with E-state index in [0.29, 0.717) is 5.69 Å². The van der Waals surface area contributed by atoms with Crippen molar-refractivity contribution in [1.82, 2.24) is 0 Å². The summed E-state index contributed by atoms with van der Waals surface area (Å²) in [6, 6.07) is 10.6. The zero-order valence-electron chi connectivity index (χ0n) is 10.1. The number of amides is 1. The van der Waals surface area contributed by atoms with Crippen molar-refractivity contribution in [3.05, 3.63) is 59.4 Å². The summed E-state index contributed by atoms with van der Waals surface area (Å²) in [5, 5.41) is 0. The summed E-state index contributed by atoms with van der Waals surface area (Å²) >= 11 is 0. The lowest BCUT2D eigenvalue weighted by Crippen LogP contribution is -2.14. The monoisotopic (exact) mass is 260 g/mol. The number of anilines is 1. The minimum atomic E-state index is -0.610. The summed E-state index contributed by atoms with van der Waals surface area (Å²) in [6.07, 6.45) is 0. The third kappa shape index (κ3) is 3.01. The minimum Gasteiger partial charge on any atom is -0.486 e. The highest BCUT2D eigenvalue weighted by Gasteiger charge is 2.12. The Labute approximate surface area is 109 Å². The van der Waals surface area contributed by atoms with E-state index in [1.54, 1.807) is 30.3 Å². The Balaban J connectivity index is 2.19. The second-order valence-electron chi connectivity index (χ2n) is 4.00. The van der Waals surface area contributed by atoms with Gasteiger partial charge in [0.1, 0.15) is 12.4 Å². The van der Waals surface area contributed by atoms with E-state index in [1.165, 1.54) is 12.1 Å². The number of hydrogen-bond acceptors (Lipinski definition) is 3. The molecule has 0 aromatic heterocycles. The topological polar surface area (TPSA) is 78.3 Å². The van der Waals surface area contributed by atoms with Crippen LogP contribution in [0.4, 0.5) is 10.1 Å². The molecule has 0 spiro atoms. The molecule has 0 saturated heterocycles. The SMILES string of the molecule is NC(=O)c1cccc(N)c1OCc1ccc(F)cc1. The lowest BCUT2D eigenvalue weighted by molar-refractivity contribution is 0.0996. The van der Waals surface area contributed by atoms with Gasteiger partial charge < -0.3 is 16.2 Å². The maximum absolute atomic E-state index is 12.8. The fourth-order valence-electron chi connectivity index (χ4n) is 1.65. The van der Waals surface area contributed by atoms with E-state index >= 15 is 0 Å². The smallest absolute Gasteiger partial charge is 0.252 e. The van der Waals surface area contributed by atoms with E-state index in [1.807, 2.05) is 0 Å². The summed E-state index contributed by atoms with van der Waals surface area (Å²) in [4.78, 5) is 11.3. The number of carbonyl (C=O) groups excluding carboxylic acids is 1. The van der Waals surface area contributed by atoms with Gasteiger partial charge in [-0.3, -0.25) is 4.79 Å². The van der Waals surface area contributed by atoms with Crippen LogP contribution >= 0.6 is 0 Å². The zero-order valence-corrected chi connectivity index (χ0v) is 10.1. The van der Waals surface area contributed by atoms with Gasteiger partial charge in [0.05, 0.1) is 11.3 Å². The van der Waals surface area contributed by atoms with Crippen LogP contribution in [0.1, 0.15) is 15.9 Å². The molecule has 5 heteroatoms. The molecule has 2 aromatic rings. The number of para-hydroxylation sites is 1. The summed E-state index contributed by atoms with van der Waals surface area (Å²) in [5.74, 6) is -0.679. The van der Waals surface area contributed by atoms with Crippen LogP contribution in [-0.4, -0.2) is 5.91 Å². The Hall–Kier alpha value is -2.56. The molecule has 4 N–H and O–H groups in total. The Morgan fingerprint density at radius 1 is 1.16 bits per heavy atom. The van der Waals surface area contributed by atoms with Crippen molar-refractivity contribution in [2.75, 3.05) is 5.73 Å². The summed E-state index contributed by atoms with van der Waals surface area (Å²) in [5.41, 5.74) is 12.3. The molecular weight excluding hydrogens is 247 g/mol. The average molecular weight is 260 g/mol. The van der Waals surface area contributed by atoms with Gasteiger partial charge >= 0.3 is 0 Å². The van der Waals surface area contributed by atoms with Crippen LogP contribution in [0, 0.1) is 5.82 Å². The van der Waals surface area contributed by atoms with Crippen LogP contribution in [0.3, 0.4) is 0 Å². The van der Waals surface area contributed by atoms with Gasteiger partial charge in [0.15, 0.2) is 5.75 Å². The first-order chi connectivity index (χ1) is 9.08. The van der Waals surface area contributed by atoms with E-state index in [9.17, 15) is 9.18 Å². The van der Waals surface area contributed by atoms with Crippen LogP contribution in [-0.2, 0) is 6.61 Å². The molecule has 0 unspecified atom stereocenters. The first-order valence-corrected chi connectivity index (χ1v) is 5.63. The molecule has 0 atom stereocenters. The van der Waals surface area contributed by atoms with Gasteiger partial charge in [0.25, 0.3) is 5.91 Å². The molecule has 98 valence electrons. The first kappa shape index (κ1) is 12.9. The molecule has 0 heterocycles. The Bertz CT molecular complexity index is 597. The molecular formula is C14H13FN2O2. The van der Waals surface area contributed by atoms with E-state index in [4.69, 9.17) is 16.2 Å². The van der Waals surface area contributed by atoms with Crippen molar-refractivity contribution >= 4 is 11.6 Å². The number of rotatable bonds is 4. The van der Waals surface area contributed by atoms with Crippen molar-refractivity contribution in [2.45, 2.75) is 6.61 Å². The van der Waals surface area contributed by atoms with Crippen LogP contribution in [0.2, 0.25) is 0 Å². The quantitative estimate of drug-likeness (QED) is 0.826. The normalized spacial score (nSPS) is 10.2. The van der Waals surface area contributed by atoms with Gasteiger partial charge in [-0.1, -0.05) is 18.2 Å². The molecule has 0 radical (unpaired) electrons. The Kier molecular flexibility index (Phi) is 3.66. The molecule has 0 aliphatic heterocycles.